The molecule has 1 aromatic heterocycles. The minimum Gasteiger partial charge on any atom is -0.861 e. The Kier molecular flexibility index (Phi) is 26.3. The van der Waals surface area contributed by atoms with Crippen molar-refractivity contribution in [2.24, 2.45) is 10.7 Å². The maximum atomic E-state index is 14.8. The molecule has 7 amide bonds. The molecule has 0 saturated heterocycles. The minimum atomic E-state index is -4.84. The molecular formula is C57H70N9NaO15S2. The fourth-order valence-electron chi connectivity index (χ4n) is 8.90. The number of hydrogen-bond donors (Lipinski definition) is 10. The maximum Gasteiger partial charge on any atom is 1.00 e. The Morgan fingerprint density at radius 2 is 1.26 bits per heavy atom. The van der Waals surface area contributed by atoms with E-state index >= 15 is 0 Å². The van der Waals surface area contributed by atoms with Gasteiger partial charge >= 0.3 is 52.0 Å². The summed E-state index contributed by atoms with van der Waals surface area (Å²) in [5.41, 5.74) is 9.96. The smallest absolute Gasteiger partial charge is 0.861 e. The van der Waals surface area contributed by atoms with Crippen molar-refractivity contribution in [2.45, 2.75) is 122 Å². The number of aromatic amines is 1. The first-order valence-corrected chi connectivity index (χ1v) is 29.0. The number of thioether (sulfide) groups is 1. The number of amides is 7. The molecule has 0 bridgehead atoms. The predicted octanol–water partition coefficient (Wildman–Crippen LogP) is -0.661. The number of alkyl carbamates (subject to hydrolysis) is 1. The zero-order valence-electron chi connectivity index (χ0n) is 47.9. The molecule has 24 nitrogen and oxygen atoms in total. The second-order valence-corrected chi connectivity index (χ2v) is 22.7. The number of benzene rings is 4. The van der Waals surface area contributed by atoms with Crippen LogP contribution in [-0.2, 0) is 74.4 Å². The van der Waals surface area contributed by atoms with Crippen LogP contribution in [0.15, 0.2) is 102 Å². The molecule has 84 heavy (non-hydrogen) atoms. The van der Waals surface area contributed by atoms with E-state index < -0.39 is 119 Å². The van der Waals surface area contributed by atoms with Crippen LogP contribution in [0.2, 0.25) is 0 Å². The number of hydrogen-bond acceptors (Lipinski definition) is 15. The number of aryl methyl sites for hydroxylation is 3. The van der Waals surface area contributed by atoms with Crippen LogP contribution in [0.3, 0.4) is 0 Å². The molecule has 1 heterocycles. The zero-order valence-corrected chi connectivity index (χ0v) is 51.5. The van der Waals surface area contributed by atoms with Gasteiger partial charge in [-0.25, -0.2) is 4.79 Å². The number of aromatic nitrogens is 1. The van der Waals surface area contributed by atoms with E-state index in [0.717, 1.165) is 16.7 Å². The Balaban J connectivity index is 0.0000151. The molecule has 0 unspecified atom stereocenters. The molecule has 11 N–H and O–H groups in total. The van der Waals surface area contributed by atoms with Gasteiger partial charge in [0.15, 0.2) is 0 Å². The Labute approximate surface area is 513 Å². The van der Waals surface area contributed by atoms with Crippen LogP contribution in [0, 0.1) is 20.8 Å². The fraction of sp³-hybridized carbons (Fsp3) is 0.386. The number of carboxylic acid groups (broad SMARTS) is 1. The molecule has 5 rings (SSSR count). The molecule has 0 radical (unpaired) electrons. The SMILES string of the molecule is CSCC[C@H](NC(=O)[C@H](Cc1ccc(OS(=O)(=O)O)cc1)NC(=O)OC(C)(C)C)C(=O)NCC([O-])=N[C@@H](Cc1c[nH]c2ccccc12)C(=O)N[C@@H](Cc1c(C)cc(C)cc1C)C(=O)N[C@@H](CC(=O)O)C(=O)N[C@@H](Cc1ccccc1)C(N)=O.[Na+]. The van der Waals surface area contributed by atoms with Crippen LogP contribution in [0.25, 0.3) is 10.9 Å². The van der Waals surface area contributed by atoms with Crippen LogP contribution in [0.4, 0.5) is 4.79 Å². The van der Waals surface area contributed by atoms with Crippen molar-refractivity contribution in [3.63, 3.8) is 0 Å². The number of nitrogens with two attached hydrogens (primary N) is 1. The molecular weight excluding hydrogens is 1140 g/mol. The number of aliphatic carboxylic acids is 1. The van der Waals surface area contributed by atoms with Crippen LogP contribution >= 0.6 is 11.8 Å². The number of H-pyrrole nitrogens is 1. The van der Waals surface area contributed by atoms with E-state index in [1.807, 2.05) is 19.1 Å². The van der Waals surface area contributed by atoms with Gasteiger partial charge in [0.2, 0.25) is 35.4 Å². The van der Waals surface area contributed by atoms with Gasteiger partial charge in [-0.3, -0.25) is 43.1 Å². The summed E-state index contributed by atoms with van der Waals surface area (Å²) in [6.45, 7) is 9.52. The Morgan fingerprint density at radius 3 is 1.86 bits per heavy atom. The topological polar surface area (TPSA) is 379 Å². The van der Waals surface area contributed by atoms with E-state index in [1.165, 1.54) is 36.0 Å². The number of aliphatic imine (C=N–C) groups is 1. The third-order valence-electron chi connectivity index (χ3n) is 12.8. The average molecular weight is 1210 g/mol. The van der Waals surface area contributed by atoms with Crippen molar-refractivity contribution in [3.05, 3.63) is 136 Å². The Bertz CT molecular complexity index is 3260. The first kappa shape index (κ1) is 69.0. The summed E-state index contributed by atoms with van der Waals surface area (Å²) in [7, 11) is -4.84. The number of nitrogens with one attached hydrogen (secondary N) is 7. The molecule has 6 atom stereocenters. The normalized spacial score (nSPS) is 13.7. The summed E-state index contributed by atoms with van der Waals surface area (Å²) in [4.78, 5) is 116. The monoisotopic (exact) mass is 1210 g/mol. The number of carbonyl (C=O) groups excluding carboxylic acids is 7. The van der Waals surface area contributed by atoms with Crippen molar-refractivity contribution >= 4 is 86.5 Å². The maximum absolute atomic E-state index is 14.8. The fourth-order valence-corrected chi connectivity index (χ4v) is 9.73. The number of carboxylic acids is 1. The van der Waals surface area contributed by atoms with Gasteiger partial charge in [0, 0.05) is 49.3 Å². The molecule has 446 valence electrons. The van der Waals surface area contributed by atoms with Crippen molar-refractivity contribution in [1.82, 2.24) is 36.9 Å². The van der Waals surface area contributed by atoms with E-state index in [4.69, 9.17) is 15.0 Å². The number of primary amides is 1. The van der Waals surface area contributed by atoms with Crippen LogP contribution in [-0.4, -0.2) is 137 Å². The molecule has 0 aliphatic heterocycles. The quantitative estimate of drug-likeness (QED) is 0.0123. The number of ether oxygens (including phenoxy) is 1. The van der Waals surface area contributed by atoms with Crippen molar-refractivity contribution in [1.29, 1.82) is 0 Å². The summed E-state index contributed by atoms with van der Waals surface area (Å²) < 4.78 is 41.4. The largest absolute Gasteiger partial charge is 1.00 e. The van der Waals surface area contributed by atoms with Gasteiger partial charge in [0.25, 0.3) is 0 Å². The van der Waals surface area contributed by atoms with E-state index in [2.05, 4.69) is 46.1 Å². The Hall–Kier alpha value is -7.49. The van der Waals surface area contributed by atoms with E-state index in [-0.39, 0.29) is 67.4 Å². The zero-order chi connectivity index (χ0) is 61.2. The van der Waals surface area contributed by atoms with E-state index in [1.54, 1.807) is 102 Å². The summed E-state index contributed by atoms with van der Waals surface area (Å²) >= 11 is 1.35. The van der Waals surface area contributed by atoms with Gasteiger partial charge in [-0.05, 0) is 117 Å². The average Bonchev–Trinajstić information content (AvgIpc) is 4.04. The van der Waals surface area contributed by atoms with Gasteiger partial charge in [0.05, 0.1) is 6.42 Å². The summed E-state index contributed by atoms with van der Waals surface area (Å²) in [5.74, 6) is -7.95. The predicted molar refractivity (Wildman–Crippen MR) is 308 cm³/mol. The van der Waals surface area contributed by atoms with Gasteiger partial charge in [-0.2, -0.15) is 20.2 Å². The number of fused-ring (bicyclic) bond motifs is 1. The standard InChI is InChI=1S/C57H71N9O15S2.Na/c1-32-23-33(2)40(34(3)24-32)28-46(54(74)65-47(29-49(68)69)55(75)63-43(50(58)70)25-35-13-9-8-10-14-35)64-53(73)45(27-37-30-59-41-16-12-11-15-39(37)41)61-48(67)31-60-51(71)42(21-22-82-7)62-52(72)44(66-56(76)80-57(4,5)6)26-36-17-19-38(20-18-36)81-83(77,78)79;/h8-20,23-24,30,42-47,59H,21-22,25-29,31H2,1-7H3,(H2,58,70)(H,60,71)(H,61,67)(H,62,72)(H,63,75)(H,64,73)(H,65,74)(H,66,76)(H,68,69)(H,77,78,79);/q;+1/p-1/t42-,43-,44-,45-,46-,47-;/m0./s1. The summed E-state index contributed by atoms with van der Waals surface area (Å²) in [6.07, 6.45) is 0.857. The van der Waals surface area contributed by atoms with Crippen molar-refractivity contribution in [2.75, 3.05) is 18.6 Å². The van der Waals surface area contributed by atoms with Gasteiger partial charge < -0.3 is 61.8 Å². The van der Waals surface area contributed by atoms with Gasteiger partial charge in [-0.1, -0.05) is 78.4 Å². The number of para-hydroxylation sites is 1. The first-order chi connectivity index (χ1) is 39.1. The van der Waals surface area contributed by atoms with Crippen molar-refractivity contribution in [3.8, 4) is 5.75 Å². The third-order valence-corrected chi connectivity index (χ3v) is 13.8. The minimum absolute atomic E-state index is 0. The molecule has 0 fully saturated rings. The second-order valence-electron chi connectivity index (χ2n) is 20.7. The van der Waals surface area contributed by atoms with Gasteiger partial charge in [-0.15, -0.1) is 0 Å². The molecule has 4 aromatic carbocycles. The summed E-state index contributed by atoms with van der Waals surface area (Å²) in [5, 5.41) is 39.8. The summed E-state index contributed by atoms with van der Waals surface area (Å²) in [6, 6.07) is 15.7. The molecule has 0 aliphatic rings. The second kappa shape index (κ2) is 32.0. The number of carbonyl (C=O) groups is 8. The molecule has 0 spiro atoms. The third kappa shape index (κ3) is 22.6. The molecule has 0 aliphatic carbocycles. The number of nitrogens with zero attached hydrogens (tertiary/aromatic N) is 1. The molecule has 5 aromatic rings. The van der Waals surface area contributed by atoms with Crippen LogP contribution < -0.4 is 76.5 Å². The van der Waals surface area contributed by atoms with Crippen LogP contribution in [0.1, 0.15) is 72.6 Å². The van der Waals surface area contributed by atoms with Crippen molar-refractivity contribution < 1.29 is 100 Å². The number of rotatable bonds is 29. The van der Waals surface area contributed by atoms with Gasteiger partial charge in [0.1, 0.15) is 47.6 Å². The molecule has 27 heteroatoms. The van der Waals surface area contributed by atoms with Crippen LogP contribution in [0.5, 0.6) is 5.75 Å². The van der Waals surface area contributed by atoms with E-state index in [9.17, 15) is 57.0 Å². The Morgan fingerprint density at radius 1 is 0.714 bits per heavy atom. The molecule has 0 saturated carbocycles. The van der Waals surface area contributed by atoms with E-state index in [0.29, 0.717) is 38.9 Å². The first-order valence-electron chi connectivity index (χ1n) is 26.2.